The molecule has 98 valence electrons. The Balaban J connectivity index is 2.15. The number of likely N-dealkylation sites (N-methyl/N-ethyl adjacent to an activating group) is 1. The van der Waals surface area contributed by atoms with Crippen LogP contribution >= 0.6 is 0 Å². The Morgan fingerprint density at radius 1 is 1.12 bits per heavy atom. The number of likely N-dealkylation sites (tertiary alicyclic amines) is 1. The van der Waals surface area contributed by atoms with Crippen molar-refractivity contribution in [2.45, 2.75) is 58.7 Å². The standard InChI is InChI=1S/C14H27N2O/c1-10(2)14(17)15-8-12-6-7-13(9-15)16(12,5)11(3)4/h10-13H,6-9H2,1-5H3/q+1. The molecule has 1 amide bonds. The second kappa shape index (κ2) is 4.27. The quantitative estimate of drug-likeness (QED) is 0.674. The average Bonchev–Trinajstić information content (AvgIpc) is 2.49. The molecule has 0 radical (unpaired) electrons. The van der Waals surface area contributed by atoms with Crippen LogP contribution in [0.15, 0.2) is 0 Å². The minimum atomic E-state index is 0.144. The molecule has 2 heterocycles. The van der Waals surface area contributed by atoms with Crippen molar-refractivity contribution in [3.63, 3.8) is 0 Å². The fourth-order valence-electron chi connectivity index (χ4n) is 3.75. The first-order chi connectivity index (χ1) is 7.87. The molecule has 0 aromatic carbocycles. The summed E-state index contributed by atoms with van der Waals surface area (Å²) in [5.41, 5.74) is 0. The Kier molecular flexibility index (Phi) is 3.23. The summed E-state index contributed by atoms with van der Waals surface area (Å²) in [7, 11) is 2.39. The van der Waals surface area contributed by atoms with Crippen molar-refractivity contribution in [3.8, 4) is 0 Å². The van der Waals surface area contributed by atoms with Gasteiger partial charge in [0.1, 0.15) is 12.1 Å². The van der Waals surface area contributed by atoms with Crippen molar-refractivity contribution in [2.75, 3.05) is 20.1 Å². The van der Waals surface area contributed by atoms with Gasteiger partial charge >= 0.3 is 0 Å². The number of amides is 1. The molecule has 0 spiro atoms. The topological polar surface area (TPSA) is 20.3 Å². The van der Waals surface area contributed by atoms with Gasteiger partial charge in [-0.1, -0.05) is 13.8 Å². The maximum Gasteiger partial charge on any atom is 0.225 e. The molecule has 3 nitrogen and oxygen atoms in total. The zero-order valence-corrected chi connectivity index (χ0v) is 11.9. The number of quaternary nitrogens is 1. The summed E-state index contributed by atoms with van der Waals surface area (Å²) in [6, 6.07) is 2.00. The van der Waals surface area contributed by atoms with E-state index in [4.69, 9.17) is 0 Å². The summed E-state index contributed by atoms with van der Waals surface area (Å²) in [5, 5.41) is 0. The highest BCUT2D eigenvalue weighted by Crippen LogP contribution is 2.38. The smallest absolute Gasteiger partial charge is 0.225 e. The lowest BCUT2D eigenvalue weighted by Gasteiger charge is -2.51. The Bertz CT molecular complexity index is 297. The van der Waals surface area contributed by atoms with Gasteiger partial charge in [0.2, 0.25) is 5.91 Å². The van der Waals surface area contributed by atoms with Gasteiger partial charge in [0.05, 0.1) is 26.2 Å². The van der Waals surface area contributed by atoms with Gasteiger partial charge in [0.15, 0.2) is 0 Å². The van der Waals surface area contributed by atoms with Crippen LogP contribution in [0.3, 0.4) is 0 Å². The van der Waals surface area contributed by atoms with E-state index in [2.05, 4.69) is 25.8 Å². The lowest BCUT2D eigenvalue weighted by atomic mass is 10.0. The summed E-state index contributed by atoms with van der Waals surface area (Å²) >= 11 is 0. The monoisotopic (exact) mass is 239 g/mol. The van der Waals surface area contributed by atoms with Gasteiger partial charge in [0.25, 0.3) is 0 Å². The van der Waals surface area contributed by atoms with E-state index in [1.54, 1.807) is 0 Å². The largest absolute Gasteiger partial charge is 0.331 e. The van der Waals surface area contributed by atoms with E-state index in [-0.39, 0.29) is 5.92 Å². The van der Waals surface area contributed by atoms with Crippen LogP contribution in [-0.2, 0) is 4.79 Å². The first-order valence-electron chi connectivity index (χ1n) is 7.01. The molecule has 3 heteroatoms. The normalized spacial score (nSPS) is 37.0. The Hall–Kier alpha value is -0.570. The second-order valence-corrected chi connectivity index (χ2v) is 6.60. The molecule has 2 aliphatic heterocycles. The van der Waals surface area contributed by atoms with E-state index in [0.29, 0.717) is 24.0 Å². The van der Waals surface area contributed by atoms with Gasteiger partial charge < -0.3 is 9.38 Å². The third-order valence-electron chi connectivity index (χ3n) is 5.19. The van der Waals surface area contributed by atoms with Gasteiger partial charge in [-0.3, -0.25) is 4.79 Å². The third kappa shape index (κ3) is 1.88. The Morgan fingerprint density at radius 2 is 1.59 bits per heavy atom. The number of hydrogen-bond acceptors (Lipinski definition) is 1. The van der Waals surface area contributed by atoms with Crippen molar-refractivity contribution in [3.05, 3.63) is 0 Å². The summed E-state index contributed by atoms with van der Waals surface area (Å²) < 4.78 is 1.18. The van der Waals surface area contributed by atoms with Crippen molar-refractivity contribution in [1.82, 2.24) is 4.90 Å². The van der Waals surface area contributed by atoms with Crippen molar-refractivity contribution < 1.29 is 9.28 Å². The lowest BCUT2D eigenvalue weighted by Crippen LogP contribution is -2.68. The van der Waals surface area contributed by atoms with Crippen molar-refractivity contribution in [1.29, 1.82) is 0 Å². The fraction of sp³-hybridized carbons (Fsp3) is 0.929. The number of nitrogens with zero attached hydrogens (tertiary/aromatic N) is 2. The summed E-state index contributed by atoms with van der Waals surface area (Å²) in [6.45, 7) is 10.6. The molecule has 2 saturated heterocycles. The van der Waals surface area contributed by atoms with Gasteiger partial charge in [-0.15, -0.1) is 0 Å². The molecular formula is C14H27N2O+. The lowest BCUT2D eigenvalue weighted by molar-refractivity contribution is -0.966. The summed E-state index contributed by atoms with van der Waals surface area (Å²) in [6.07, 6.45) is 2.59. The molecule has 2 atom stereocenters. The van der Waals surface area contributed by atoms with Gasteiger partial charge in [-0.05, 0) is 13.8 Å². The number of piperazine rings is 1. The predicted molar refractivity (Wildman–Crippen MR) is 69.5 cm³/mol. The molecule has 2 bridgehead atoms. The van der Waals surface area contributed by atoms with Gasteiger partial charge in [-0.25, -0.2) is 0 Å². The van der Waals surface area contributed by atoms with E-state index in [1.807, 2.05) is 13.8 Å². The molecule has 2 rings (SSSR count). The van der Waals surface area contributed by atoms with Crippen LogP contribution in [0.4, 0.5) is 0 Å². The number of hydrogen-bond donors (Lipinski definition) is 0. The van der Waals surface area contributed by atoms with E-state index < -0.39 is 0 Å². The minimum Gasteiger partial charge on any atom is -0.331 e. The van der Waals surface area contributed by atoms with E-state index >= 15 is 0 Å². The van der Waals surface area contributed by atoms with Gasteiger partial charge in [-0.2, -0.15) is 0 Å². The highest BCUT2D eigenvalue weighted by atomic mass is 16.2. The molecular weight excluding hydrogens is 212 g/mol. The van der Waals surface area contributed by atoms with Crippen LogP contribution in [-0.4, -0.2) is 53.6 Å². The number of rotatable bonds is 2. The van der Waals surface area contributed by atoms with Crippen LogP contribution in [0.25, 0.3) is 0 Å². The molecule has 2 aliphatic rings. The van der Waals surface area contributed by atoms with Crippen LogP contribution in [0.1, 0.15) is 40.5 Å². The molecule has 0 aliphatic carbocycles. The Morgan fingerprint density at radius 3 is 1.94 bits per heavy atom. The highest BCUT2D eigenvalue weighted by molar-refractivity contribution is 5.78. The maximum atomic E-state index is 12.1. The molecule has 2 unspecified atom stereocenters. The number of fused-ring (bicyclic) bond motifs is 2. The number of carbonyl (C=O) groups excluding carboxylic acids is 1. The van der Waals surface area contributed by atoms with Gasteiger partial charge in [0, 0.05) is 18.8 Å². The maximum absolute atomic E-state index is 12.1. The fourth-order valence-corrected chi connectivity index (χ4v) is 3.75. The van der Waals surface area contributed by atoms with Crippen molar-refractivity contribution >= 4 is 5.91 Å². The predicted octanol–water partition coefficient (Wildman–Crippen LogP) is 1.87. The second-order valence-electron chi connectivity index (χ2n) is 6.60. The molecule has 2 fully saturated rings. The van der Waals surface area contributed by atoms with E-state index in [9.17, 15) is 4.79 Å². The molecule has 0 saturated carbocycles. The number of carbonyl (C=O) groups is 1. The first-order valence-corrected chi connectivity index (χ1v) is 7.01. The highest BCUT2D eigenvalue weighted by Gasteiger charge is 2.53. The Labute approximate surface area is 105 Å². The SMILES string of the molecule is CC(C)C(=O)N1CC2CCC(C1)[N+]2(C)C(C)C. The van der Waals surface area contributed by atoms with Crippen LogP contribution in [0, 0.1) is 5.92 Å². The van der Waals surface area contributed by atoms with Crippen LogP contribution < -0.4 is 0 Å². The molecule has 0 aromatic heterocycles. The zero-order chi connectivity index (χ0) is 12.8. The zero-order valence-electron chi connectivity index (χ0n) is 11.9. The molecule has 17 heavy (non-hydrogen) atoms. The molecule has 0 aromatic rings. The average molecular weight is 239 g/mol. The summed E-state index contributed by atoms with van der Waals surface area (Å²) in [5.74, 6) is 0.488. The van der Waals surface area contributed by atoms with E-state index in [0.717, 1.165) is 13.1 Å². The van der Waals surface area contributed by atoms with Crippen LogP contribution in [0.2, 0.25) is 0 Å². The van der Waals surface area contributed by atoms with E-state index in [1.165, 1.54) is 17.3 Å². The molecule has 0 N–H and O–H groups in total. The third-order valence-corrected chi connectivity index (χ3v) is 5.19. The minimum absolute atomic E-state index is 0.144. The first kappa shape index (κ1) is 12.9. The summed E-state index contributed by atoms with van der Waals surface area (Å²) in [4.78, 5) is 14.2. The van der Waals surface area contributed by atoms with Crippen LogP contribution in [0.5, 0.6) is 0 Å². The van der Waals surface area contributed by atoms with Crippen molar-refractivity contribution in [2.24, 2.45) is 5.92 Å².